The van der Waals surface area contributed by atoms with Crippen molar-refractivity contribution in [1.29, 1.82) is 0 Å². The van der Waals surface area contributed by atoms with Crippen molar-refractivity contribution in [3.8, 4) is 11.4 Å². The Morgan fingerprint density at radius 3 is 2.38 bits per heavy atom. The predicted octanol–water partition coefficient (Wildman–Crippen LogP) is 1.52. The molecular formula is C19H27N5O4S. The molecule has 0 unspecified atom stereocenters. The van der Waals surface area contributed by atoms with E-state index in [1.54, 1.807) is 11.9 Å². The molecule has 0 spiro atoms. The lowest BCUT2D eigenvalue weighted by molar-refractivity contribution is -0.136. The number of benzene rings is 1. The van der Waals surface area contributed by atoms with E-state index in [0.29, 0.717) is 37.6 Å². The van der Waals surface area contributed by atoms with E-state index in [1.807, 2.05) is 31.2 Å². The van der Waals surface area contributed by atoms with Crippen LogP contribution in [0.5, 0.6) is 0 Å². The van der Waals surface area contributed by atoms with E-state index in [1.165, 1.54) is 22.7 Å². The van der Waals surface area contributed by atoms with Gasteiger partial charge in [0.25, 0.3) is 10.2 Å². The molecule has 1 amide bonds. The van der Waals surface area contributed by atoms with Crippen LogP contribution in [0.2, 0.25) is 0 Å². The molecule has 0 radical (unpaired) electrons. The molecule has 1 saturated heterocycles. The Morgan fingerprint density at radius 1 is 1.17 bits per heavy atom. The lowest BCUT2D eigenvalue weighted by atomic mass is 9.97. The van der Waals surface area contributed by atoms with Crippen molar-refractivity contribution in [1.82, 2.24) is 23.7 Å². The molecule has 158 valence electrons. The number of piperidine rings is 1. The van der Waals surface area contributed by atoms with E-state index in [4.69, 9.17) is 4.52 Å². The van der Waals surface area contributed by atoms with Crippen molar-refractivity contribution < 1.29 is 17.7 Å². The van der Waals surface area contributed by atoms with Gasteiger partial charge in [0, 0.05) is 45.7 Å². The maximum Gasteiger partial charge on any atom is 0.281 e. The van der Waals surface area contributed by atoms with Crippen molar-refractivity contribution in [2.24, 2.45) is 5.92 Å². The Kier molecular flexibility index (Phi) is 6.35. The molecule has 0 aliphatic carbocycles. The van der Waals surface area contributed by atoms with Crippen LogP contribution in [0.4, 0.5) is 0 Å². The molecule has 1 fully saturated rings. The molecular weight excluding hydrogens is 394 g/mol. The summed E-state index contributed by atoms with van der Waals surface area (Å²) >= 11 is 0. The Hall–Kier alpha value is -2.30. The number of carbonyl (C=O) groups is 1. The number of amides is 1. The van der Waals surface area contributed by atoms with Crippen LogP contribution in [0, 0.1) is 12.8 Å². The van der Waals surface area contributed by atoms with Crippen molar-refractivity contribution in [3.05, 3.63) is 35.7 Å². The van der Waals surface area contributed by atoms with E-state index < -0.39 is 10.2 Å². The molecule has 0 bridgehead atoms. The van der Waals surface area contributed by atoms with Crippen LogP contribution in [-0.4, -0.2) is 72.2 Å². The minimum atomic E-state index is -3.44. The molecule has 2 aromatic rings. The second kappa shape index (κ2) is 8.60. The lowest BCUT2D eigenvalue weighted by Crippen LogP contribution is -2.47. The van der Waals surface area contributed by atoms with Gasteiger partial charge in [0.2, 0.25) is 17.6 Å². The monoisotopic (exact) mass is 421 g/mol. The third kappa shape index (κ3) is 4.82. The highest BCUT2D eigenvalue weighted by Gasteiger charge is 2.33. The highest BCUT2D eigenvalue weighted by molar-refractivity contribution is 7.86. The van der Waals surface area contributed by atoms with Gasteiger partial charge < -0.3 is 9.42 Å². The fourth-order valence-corrected chi connectivity index (χ4v) is 4.43. The van der Waals surface area contributed by atoms with E-state index in [-0.39, 0.29) is 18.4 Å². The number of rotatable bonds is 6. The number of carbonyl (C=O) groups excluding carboxylic acids is 1. The molecule has 1 aliphatic rings. The fourth-order valence-electron chi connectivity index (χ4n) is 3.30. The Balaban J connectivity index is 1.57. The van der Waals surface area contributed by atoms with Gasteiger partial charge in [0.05, 0.1) is 6.54 Å². The number of aromatic nitrogens is 2. The van der Waals surface area contributed by atoms with Gasteiger partial charge >= 0.3 is 0 Å². The first-order chi connectivity index (χ1) is 13.7. The molecule has 0 saturated carbocycles. The maximum atomic E-state index is 12.8. The van der Waals surface area contributed by atoms with E-state index in [0.717, 1.165) is 11.1 Å². The molecule has 1 aromatic heterocycles. The summed E-state index contributed by atoms with van der Waals surface area (Å²) in [5.41, 5.74) is 2.00. The third-order valence-corrected chi connectivity index (χ3v) is 7.06. The van der Waals surface area contributed by atoms with E-state index in [9.17, 15) is 13.2 Å². The Bertz CT molecular complexity index is 947. The minimum Gasteiger partial charge on any atom is -0.337 e. The van der Waals surface area contributed by atoms with Crippen molar-refractivity contribution >= 4 is 16.1 Å². The Morgan fingerprint density at radius 2 is 1.79 bits per heavy atom. The highest BCUT2D eigenvalue weighted by atomic mass is 32.2. The topological polar surface area (TPSA) is 99.8 Å². The second-order valence-corrected chi connectivity index (χ2v) is 9.68. The van der Waals surface area contributed by atoms with Crippen molar-refractivity contribution in [2.75, 3.05) is 34.2 Å². The lowest BCUT2D eigenvalue weighted by Gasteiger charge is -2.33. The van der Waals surface area contributed by atoms with Gasteiger partial charge in [-0.2, -0.15) is 22.0 Å². The van der Waals surface area contributed by atoms with Gasteiger partial charge in [-0.15, -0.1) is 0 Å². The van der Waals surface area contributed by atoms with Gasteiger partial charge in [0.1, 0.15) is 0 Å². The van der Waals surface area contributed by atoms with Crippen LogP contribution in [0.3, 0.4) is 0 Å². The van der Waals surface area contributed by atoms with Crippen LogP contribution in [0.15, 0.2) is 28.8 Å². The van der Waals surface area contributed by atoms with Gasteiger partial charge in [-0.3, -0.25) is 4.79 Å². The summed E-state index contributed by atoms with van der Waals surface area (Å²) in [6, 6.07) is 7.80. The summed E-state index contributed by atoms with van der Waals surface area (Å²) in [5, 5.41) is 3.99. The van der Waals surface area contributed by atoms with Crippen molar-refractivity contribution in [2.45, 2.75) is 26.3 Å². The van der Waals surface area contributed by atoms with Crippen LogP contribution >= 0.6 is 0 Å². The van der Waals surface area contributed by atoms with Gasteiger partial charge in [-0.25, -0.2) is 0 Å². The number of aryl methyl sites for hydroxylation is 1. The van der Waals surface area contributed by atoms with Crippen LogP contribution in [0.25, 0.3) is 11.4 Å². The van der Waals surface area contributed by atoms with Crippen LogP contribution < -0.4 is 0 Å². The molecule has 3 rings (SSSR count). The molecule has 10 heteroatoms. The smallest absolute Gasteiger partial charge is 0.281 e. The largest absolute Gasteiger partial charge is 0.337 e. The summed E-state index contributed by atoms with van der Waals surface area (Å²) in [6.07, 6.45) is 0.989. The molecule has 1 aliphatic heterocycles. The first kappa shape index (κ1) is 21.4. The molecule has 0 atom stereocenters. The van der Waals surface area contributed by atoms with Gasteiger partial charge in [0.15, 0.2) is 0 Å². The standard InChI is InChI=1S/C19H27N5O4S/c1-14-5-7-15(8-6-14)18-20-17(28-21-18)13-23(4)19(25)16-9-11-24(12-10-16)29(26,27)22(2)3/h5-8,16H,9-13H2,1-4H3. The average molecular weight is 422 g/mol. The molecule has 2 heterocycles. The summed E-state index contributed by atoms with van der Waals surface area (Å²) in [7, 11) is 1.28. The zero-order chi connectivity index (χ0) is 21.2. The molecule has 9 nitrogen and oxygen atoms in total. The summed E-state index contributed by atoms with van der Waals surface area (Å²) < 4.78 is 32.3. The summed E-state index contributed by atoms with van der Waals surface area (Å²) in [4.78, 5) is 18.7. The summed E-state index contributed by atoms with van der Waals surface area (Å²) in [6.45, 7) is 2.89. The SMILES string of the molecule is Cc1ccc(-c2noc(CN(C)C(=O)C3CCN(S(=O)(=O)N(C)C)CC3)n2)cc1. The molecule has 0 N–H and O–H groups in total. The number of nitrogens with zero attached hydrogens (tertiary/aromatic N) is 5. The first-order valence-electron chi connectivity index (χ1n) is 9.50. The van der Waals surface area contributed by atoms with Crippen LogP contribution in [0.1, 0.15) is 24.3 Å². The third-order valence-electron chi connectivity index (χ3n) is 5.12. The minimum absolute atomic E-state index is 0.0398. The van der Waals surface area contributed by atoms with E-state index >= 15 is 0 Å². The summed E-state index contributed by atoms with van der Waals surface area (Å²) in [5.74, 6) is 0.599. The average Bonchev–Trinajstić information content (AvgIpc) is 3.16. The van der Waals surface area contributed by atoms with E-state index in [2.05, 4.69) is 10.1 Å². The molecule has 1 aromatic carbocycles. The highest BCUT2D eigenvalue weighted by Crippen LogP contribution is 2.23. The zero-order valence-corrected chi connectivity index (χ0v) is 18.0. The molecule has 29 heavy (non-hydrogen) atoms. The van der Waals surface area contributed by atoms with Gasteiger partial charge in [-0.05, 0) is 19.8 Å². The fraction of sp³-hybridized carbons (Fsp3) is 0.526. The predicted molar refractivity (Wildman–Crippen MR) is 108 cm³/mol. The number of hydrogen-bond acceptors (Lipinski definition) is 6. The first-order valence-corrected chi connectivity index (χ1v) is 10.9. The number of hydrogen-bond donors (Lipinski definition) is 0. The zero-order valence-electron chi connectivity index (χ0n) is 17.2. The maximum absolute atomic E-state index is 12.8. The van der Waals surface area contributed by atoms with Crippen molar-refractivity contribution in [3.63, 3.8) is 0 Å². The van der Waals surface area contributed by atoms with Crippen LogP contribution in [-0.2, 0) is 21.5 Å². The van der Waals surface area contributed by atoms with Gasteiger partial charge in [-0.1, -0.05) is 35.0 Å². The second-order valence-electron chi connectivity index (χ2n) is 7.54. The quantitative estimate of drug-likeness (QED) is 0.701. The Labute approximate surface area is 171 Å². The normalized spacial score (nSPS) is 16.3.